The Hall–Kier alpha value is -3.03. The van der Waals surface area contributed by atoms with E-state index in [1.807, 2.05) is 0 Å². The minimum absolute atomic E-state index is 0.496. The second-order valence-electron chi connectivity index (χ2n) is 3.89. The van der Waals surface area contributed by atoms with E-state index in [-0.39, 0.29) is 0 Å². The predicted octanol–water partition coefficient (Wildman–Crippen LogP) is 3.36. The van der Waals surface area contributed by atoms with E-state index in [2.05, 4.69) is 0 Å². The van der Waals surface area contributed by atoms with Gasteiger partial charge >= 0.3 is 11.7 Å². The van der Waals surface area contributed by atoms with Gasteiger partial charge in [0.25, 0.3) is 0 Å². The van der Waals surface area contributed by atoms with Gasteiger partial charge in [-0.25, -0.2) is 13.6 Å². The van der Waals surface area contributed by atoms with Crippen molar-refractivity contribution in [3.05, 3.63) is 63.7 Å². The van der Waals surface area contributed by atoms with Gasteiger partial charge in [0.1, 0.15) is 11.4 Å². The number of ether oxygens (including phenoxy) is 1. The fourth-order valence-corrected chi connectivity index (χ4v) is 1.64. The first-order chi connectivity index (χ1) is 9.90. The van der Waals surface area contributed by atoms with Crippen molar-refractivity contribution >= 4 is 11.7 Å². The highest BCUT2D eigenvalue weighted by Crippen LogP contribution is 2.35. The number of carboxylic acid groups (broad SMARTS) is 1. The van der Waals surface area contributed by atoms with Gasteiger partial charge in [0, 0.05) is 6.07 Å². The smallest absolute Gasteiger partial charge is 0.342 e. The van der Waals surface area contributed by atoms with Crippen LogP contribution in [-0.2, 0) is 0 Å². The first kappa shape index (κ1) is 14.4. The van der Waals surface area contributed by atoms with E-state index in [4.69, 9.17) is 9.84 Å². The number of rotatable bonds is 4. The molecule has 0 unspecified atom stereocenters. The predicted molar refractivity (Wildman–Crippen MR) is 66.5 cm³/mol. The largest absolute Gasteiger partial charge is 0.477 e. The van der Waals surface area contributed by atoms with Crippen LogP contribution in [0.1, 0.15) is 10.4 Å². The second-order valence-corrected chi connectivity index (χ2v) is 3.89. The SMILES string of the molecule is O=C(O)c1cccc(Oc2cc(F)ccc2F)c1[N+](=O)[O-]. The standard InChI is InChI=1S/C13H7F2NO5/c14-7-4-5-9(15)11(6-7)21-10-3-1-2-8(13(17)18)12(10)16(19)20/h1-6H,(H,17,18). The van der Waals surface area contributed by atoms with Gasteiger partial charge in [-0.2, -0.15) is 0 Å². The summed E-state index contributed by atoms with van der Waals surface area (Å²) in [6.07, 6.45) is 0. The summed E-state index contributed by atoms with van der Waals surface area (Å²) in [6, 6.07) is 5.64. The number of nitro groups is 1. The van der Waals surface area contributed by atoms with Gasteiger partial charge in [-0.15, -0.1) is 0 Å². The molecule has 21 heavy (non-hydrogen) atoms. The van der Waals surface area contributed by atoms with Crippen molar-refractivity contribution in [2.45, 2.75) is 0 Å². The third-order valence-corrected chi connectivity index (χ3v) is 2.53. The van der Waals surface area contributed by atoms with Crippen LogP contribution in [-0.4, -0.2) is 16.0 Å². The molecule has 6 nitrogen and oxygen atoms in total. The van der Waals surface area contributed by atoms with E-state index in [9.17, 15) is 23.7 Å². The van der Waals surface area contributed by atoms with E-state index in [0.29, 0.717) is 6.07 Å². The summed E-state index contributed by atoms with van der Waals surface area (Å²) in [6.45, 7) is 0. The minimum Gasteiger partial charge on any atom is -0.477 e. The quantitative estimate of drug-likeness (QED) is 0.690. The lowest BCUT2D eigenvalue weighted by molar-refractivity contribution is -0.386. The van der Waals surface area contributed by atoms with Crippen LogP contribution >= 0.6 is 0 Å². The Morgan fingerprint density at radius 2 is 1.90 bits per heavy atom. The fourth-order valence-electron chi connectivity index (χ4n) is 1.64. The zero-order chi connectivity index (χ0) is 15.6. The lowest BCUT2D eigenvalue weighted by Crippen LogP contribution is -2.04. The third kappa shape index (κ3) is 2.94. The summed E-state index contributed by atoms with van der Waals surface area (Å²) < 4.78 is 31.5. The van der Waals surface area contributed by atoms with Crippen molar-refractivity contribution in [2.75, 3.05) is 0 Å². The van der Waals surface area contributed by atoms with Crippen LogP contribution in [0.5, 0.6) is 11.5 Å². The van der Waals surface area contributed by atoms with Gasteiger partial charge < -0.3 is 9.84 Å². The molecule has 0 aliphatic carbocycles. The van der Waals surface area contributed by atoms with E-state index >= 15 is 0 Å². The Balaban J connectivity index is 2.54. The fraction of sp³-hybridized carbons (Fsp3) is 0. The summed E-state index contributed by atoms with van der Waals surface area (Å²) in [5.41, 5.74) is -1.46. The first-order valence-electron chi connectivity index (χ1n) is 5.53. The molecule has 0 aliphatic rings. The Morgan fingerprint density at radius 1 is 1.19 bits per heavy atom. The normalized spacial score (nSPS) is 10.2. The van der Waals surface area contributed by atoms with Crippen molar-refractivity contribution in [3.8, 4) is 11.5 Å². The summed E-state index contributed by atoms with van der Waals surface area (Å²) in [7, 11) is 0. The number of nitrogens with zero attached hydrogens (tertiary/aromatic N) is 1. The molecule has 0 atom stereocenters. The summed E-state index contributed by atoms with van der Waals surface area (Å²) in [5.74, 6) is -4.35. The molecule has 0 fully saturated rings. The van der Waals surface area contributed by atoms with Crippen LogP contribution < -0.4 is 4.74 Å². The molecule has 0 aromatic heterocycles. The van der Waals surface area contributed by atoms with Gasteiger partial charge in [-0.05, 0) is 24.3 Å². The van der Waals surface area contributed by atoms with Crippen LogP contribution in [0.25, 0.3) is 0 Å². The van der Waals surface area contributed by atoms with Crippen LogP contribution in [0.2, 0.25) is 0 Å². The molecule has 0 saturated heterocycles. The molecule has 2 aromatic rings. The highest BCUT2D eigenvalue weighted by molar-refractivity contribution is 5.93. The number of hydrogen-bond acceptors (Lipinski definition) is 4. The molecule has 0 amide bonds. The molecule has 2 rings (SSSR count). The van der Waals surface area contributed by atoms with Crippen molar-refractivity contribution in [1.29, 1.82) is 0 Å². The number of carbonyl (C=O) groups is 1. The number of para-hydroxylation sites is 1. The molecule has 0 aliphatic heterocycles. The summed E-state index contributed by atoms with van der Waals surface area (Å²) >= 11 is 0. The van der Waals surface area contributed by atoms with Crippen molar-refractivity contribution < 1.29 is 28.3 Å². The maximum atomic E-state index is 13.5. The van der Waals surface area contributed by atoms with Crippen LogP contribution in [0.4, 0.5) is 14.5 Å². The van der Waals surface area contributed by atoms with Gasteiger partial charge in [-0.1, -0.05) is 6.07 Å². The molecule has 108 valence electrons. The maximum absolute atomic E-state index is 13.5. The van der Waals surface area contributed by atoms with Crippen LogP contribution in [0.15, 0.2) is 36.4 Å². The molecule has 0 saturated carbocycles. The van der Waals surface area contributed by atoms with Crippen LogP contribution in [0.3, 0.4) is 0 Å². The number of carboxylic acids is 1. The molecule has 0 bridgehead atoms. The monoisotopic (exact) mass is 295 g/mol. The van der Waals surface area contributed by atoms with E-state index in [1.54, 1.807) is 0 Å². The first-order valence-corrected chi connectivity index (χ1v) is 5.53. The van der Waals surface area contributed by atoms with Gasteiger partial charge in [0.2, 0.25) is 5.75 Å². The number of aromatic carboxylic acids is 1. The maximum Gasteiger partial charge on any atom is 0.342 e. The Kier molecular flexibility index (Phi) is 3.79. The lowest BCUT2D eigenvalue weighted by atomic mass is 10.1. The van der Waals surface area contributed by atoms with Gasteiger partial charge in [-0.3, -0.25) is 10.1 Å². The average molecular weight is 295 g/mol. The number of halogens is 2. The molecule has 0 spiro atoms. The Labute approximate surface area is 116 Å². The number of nitro benzene ring substituents is 1. The summed E-state index contributed by atoms with van der Waals surface area (Å²) in [4.78, 5) is 21.0. The molecular formula is C13H7F2NO5. The highest BCUT2D eigenvalue weighted by Gasteiger charge is 2.26. The van der Waals surface area contributed by atoms with Crippen molar-refractivity contribution in [3.63, 3.8) is 0 Å². The highest BCUT2D eigenvalue weighted by atomic mass is 19.1. The Morgan fingerprint density at radius 3 is 2.52 bits per heavy atom. The van der Waals surface area contributed by atoms with E-state index in [1.165, 1.54) is 6.07 Å². The van der Waals surface area contributed by atoms with E-state index in [0.717, 1.165) is 24.3 Å². The zero-order valence-corrected chi connectivity index (χ0v) is 10.2. The molecule has 0 heterocycles. The van der Waals surface area contributed by atoms with E-state index < -0.39 is 45.3 Å². The molecule has 8 heteroatoms. The lowest BCUT2D eigenvalue weighted by Gasteiger charge is -2.08. The van der Waals surface area contributed by atoms with Crippen molar-refractivity contribution in [1.82, 2.24) is 0 Å². The number of benzene rings is 2. The summed E-state index contributed by atoms with van der Waals surface area (Å²) in [5, 5.41) is 19.9. The van der Waals surface area contributed by atoms with Crippen molar-refractivity contribution in [2.24, 2.45) is 0 Å². The van der Waals surface area contributed by atoms with Crippen LogP contribution in [0, 0.1) is 21.7 Å². The molecule has 0 radical (unpaired) electrons. The van der Waals surface area contributed by atoms with Gasteiger partial charge in [0.15, 0.2) is 11.6 Å². The Bertz CT molecular complexity index is 732. The third-order valence-electron chi connectivity index (χ3n) is 2.53. The second kappa shape index (κ2) is 5.53. The van der Waals surface area contributed by atoms with Gasteiger partial charge in [0.05, 0.1) is 4.92 Å². The average Bonchev–Trinajstić information content (AvgIpc) is 2.42. The minimum atomic E-state index is -1.54. The topological polar surface area (TPSA) is 89.7 Å². The zero-order valence-electron chi connectivity index (χ0n) is 10.2. The molecule has 2 aromatic carbocycles. The molecule has 1 N–H and O–H groups in total. The number of hydrogen-bond donors (Lipinski definition) is 1. The molecular weight excluding hydrogens is 288 g/mol.